The van der Waals surface area contributed by atoms with Crippen LogP contribution in [0.4, 0.5) is 0 Å². The van der Waals surface area contributed by atoms with E-state index in [1.165, 1.54) is 22.4 Å². The van der Waals surface area contributed by atoms with E-state index in [2.05, 4.69) is 89.4 Å². The molecule has 0 aliphatic carbocycles. The van der Waals surface area contributed by atoms with Crippen LogP contribution in [0.5, 0.6) is 0 Å². The average molecular weight is 310 g/mol. The second-order valence-electron chi connectivity index (χ2n) is 5.86. The lowest BCUT2D eigenvalue weighted by Crippen LogP contribution is -1.99. The van der Waals surface area contributed by atoms with E-state index < -0.39 is 0 Å². The van der Waals surface area contributed by atoms with E-state index in [-0.39, 0.29) is 0 Å². The van der Waals surface area contributed by atoms with Crippen LogP contribution in [-0.2, 0) is 0 Å². The second-order valence-corrected chi connectivity index (χ2v) is 5.86. The van der Waals surface area contributed by atoms with Gasteiger partial charge >= 0.3 is 0 Å². The zero-order valence-corrected chi connectivity index (χ0v) is 13.6. The Balaban J connectivity index is 1.85. The number of benzene rings is 2. The summed E-state index contributed by atoms with van der Waals surface area (Å²) in [6.07, 6.45) is 8.26. The molecule has 0 saturated heterocycles. The third-order valence-electron chi connectivity index (χ3n) is 4.21. The maximum absolute atomic E-state index is 4.56. The number of nitrogens with zero attached hydrogens (tertiary/aromatic N) is 2. The van der Waals surface area contributed by atoms with Crippen LogP contribution in [0.3, 0.4) is 0 Å². The van der Waals surface area contributed by atoms with E-state index in [1.807, 2.05) is 18.3 Å². The minimum absolute atomic E-state index is 0.987. The zero-order chi connectivity index (χ0) is 16.4. The van der Waals surface area contributed by atoms with Crippen molar-refractivity contribution >= 4 is 23.2 Å². The van der Waals surface area contributed by atoms with Gasteiger partial charge in [0.15, 0.2) is 0 Å². The van der Waals surface area contributed by atoms with Crippen molar-refractivity contribution in [1.82, 2.24) is 9.55 Å². The van der Waals surface area contributed by atoms with Crippen LogP contribution >= 0.6 is 0 Å². The first-order valence-corrected chi connectivity index (χ1v) is 8.08. The number of fused-ring (bicyclic) bond motifs is 1. The summed E-state index contributed by atoms with van der Waals surface area (Å²) in [6.45, 7) is 2.14. The normalized spacial score (nSPS) is 11.4. The zero-order valence-electron chi connectivity index (χ0n) is 13.6. The SMILES string of the molecule is Cc1cccc(/C=C/c2ccccc2)c1-n1ccc2cccnc21. The van der Waals surface area contributed by atoms with Gasteiger partial charge in [-0.2, -0.15) is 0 Å². The van der Waals surface area contributed by atoms with Gasteiger partial charge in [-0.1, -0.05) is 60.7 Å². The Kier molecular flexibility index (Phi) is 3.72. The van der Waals surface area contributed by atoms with Gasteiger partial charge in [-0.25, -0.2) is 4.98 Å². The molecule has 0 aliphatic rings. The molecule has 2 aromatic carbocycles. The van der Waals surface area contributed by atoms with Crippen LogP contribution in [0, 0.1) is 6.92 Å². The number of aromatic nitrogens is 2. The molecule has 0 amide bonds. The molecule has 4 rings (SSSR count). The maximum Gasteiger partial charge on any atom is 0.144 e. The Morgan fingerprint density at radius 1 is 0.833 bits per heavy atom. The molecule has 0 unspecified atom stereocenters. The lowest BCUT2D eigenvalue weighted by Gasteiger charge is -2.12. The van der Waals surface area contributed by atoms with Gasteiger partial charge in [-0.05, 0) is 41.8 Å². The monoisotopic (exact) mass is 310 g/mol. The molecule has 2 heteroatoms. The van der Waals surface area contributed by atoms with Gasteiger partial charge in [0, 0.05) is 17.8 Å². The number of hydrogen-bond acceptors (Lipinski definition) is 1. The molecular weight excluding hydrogens is 292 g/mol. The first-order valence-electron chi connectivity index (χ1n) is 8.08. The van der Waals surface area contributed by atoms with Crippen molar-refractivity contribution in [3.05, 3.63) is 95.8 Å². The average Bonchev–Trinajstić information content (AvgIpc) is 3.05. The van der Waals surface area contributed by atoms with Crippen molar-refractivity contribution < 1.29 is 0 Å². The second kappa shape index (κ2) is 6.17. The molecule has 2 nitrogen and oxygen atoms in total. The third-order valence-corrected chi connectivity index (χ3v) is 4.21. The molecule has 2 aromatic heterocycles. The molecule has 0 N–H and O–H groups in total. The highest BCUT2D eigenvalue weighted by molar-refractivity contribution is 5.81. The van der Waals surface area contributed by atoms with Crippen LogP contribution in [0.15, 0.2) is 79.1 Å². The van der Waals surface area contributed by atoms with E-state index in [4.69, 9.17) is 0 Å². The summed E-state index contributed by atoms with van der Waals surface area (Å²) < 4.78 is 2.18. The number of pyridine rings is 1. The highest BCUT2D eigenvalue weighted by Crippen LogP contribution is 2.26. The van der Waals surface area contributed by atoms with E-state index in [0.717, 1.165) is 11.0 Å². The Bertz CT molecular complexity index is 1010. The van der Waals surface area contributed by atoms with Crippen LogP contribution in [0.25, 0.3) is 28.9 Å². The highest BCUT2D eigenvalue weighted by atomic mass is 15.0. The fourth-order valence-electron chi connectivity index (χ4n) is 3.04. The Morgan fingerprint density at radius 3 is 2.58 bits per heavy atom. The highest BCUT2D eigenvalue weighted by Gasteiger charge is 2.09. The quantitative estimate of drug-likeness (QED) is 0.457. The molecular formula is C22H18N2. The molecule has 116 valence electrons. The standard InChI is InChI=1S/C22H18N2/c1-17-7-5-10-19(13-12-18-8-3-2-4-9-18)21(17)24-16-14-20-11-6-15-23-22(20)24/h2-16H,1H3/b13-12+. The van der Waals surface area contributed by atoms with Gasteiger partial charge in [-0.15, -0.1) is 0 Å². The Morgan fingerprint density at radius 2 is 1.71 bits per heavy atom. The van der Waals surface area contributed by atoms with Gasteiger partial charge in [0.2, 0.25) is 0 Å². The third kappa shape index (κ3) is 2.63. The lowest BCUT2D eigenvalue weighted by atomic mass is 10.1. The van der Waals surface area contributed by atoms with Gasteiger partial charge in [0.25, 0.3) is 0 Å². The molecule has 0 bridgehead atoms. The lowest BCUT2D eigenvalue weighted by molar-refractivity contribution is 1.07. The molecule has 2 heterocycles. The fourth-order valence-corrected chi connectivity index (χ4v) is 3.04. The molecule has 24 heavy (non-hydrogen) atoms. The van der Waals surface area contributed by atoms with Crippen molar-refractivity contribution in [3.63, 3.8) is 0 Å². The van der Waals surface area contributed by atoms with Crippen LogP contribution in [0.2, 0.25) is 0 Å². The Hall–Kier alpha value is -3.13. The molecule has 0 spiro atoms. The van der Waals surface area contributed by atoms with Crippen molar-refractivity contribution in [2.45, 2.75) is 6.92 Å². The minimum Gasteiger partial charge on any atom is -0.300 e. The van der Waals surface area contributed by atoms with Crippen molar-refractivity contribution in [2.75, 3.05) is 0 Å². The van der Waals surface area contributed by atoms with Gasteiger partial charge < -0.3 is 4.57 Å². The topological polar surface area (TPSA) is 17.8 Å². The van der Waals surface area contributed by atoms with Gasteiger partial charge in [0.1, 0.15) is 5.65 Å². The number of aryl methyl sites for hydroxylation is 1. The van der Waals surface area contributed by atoms with Crippen LogP contribution in [-0.4, -0.2) is 9.55 Å². The largest absolute Gasteiger partial charge is 0.300 e. The first kappa shape index (κ1) is 14.5. The summed E-state index contributed by atoms with van der Waals surface area (Å²) in [6, 6.07) is 22.9. The summed E-state index contributed by atoms with van der Waals surface area (Å²) in [7, 11) is 0. The molecule has 4 aromatic rings. The van der Waals surface area contributed by atoms with E-state index in [1.54, 1.807) is 0 Å². The first-order chi connectivity index (χ1) is 11.8. The number of rotatable bonds is 3. The molecule has 0 atom stereocenters. The van der Waals surface area contributed by atoms with Gasteiger partial charge in [-0.3, -0.25) is 0 Å². The van der Waals surface area contributed by atoms with E-state index in [9.17, 15) is 0 Å². The minimum atomic E-state index is 0.987. The number of para-hydroxylation sites is 1. The molecule has 0 fully saturated rings. The number of hydrogen-bond donors (Lipinski definition) is 0. The summed E-state index contributed by atoms with van der Waals surface area (Å²) in [5.41, 5.74) is 5.77. The summed E-state index contributed by atoms with van der Waals surface area (Å²) in [5, 5.41) is 1.15. The summed E-state index contributed by atoms with van der Waals surface area (Å²) in [5.74, 6) is 0. The molecule has 0 radical (unpaired) electrons. The van der Waals surface area contributed by atoms with E-state index >= 15 is 0 Å². The Labute approximate surface area is 141 Å². The van der Waals surface area contributed by atoms with Gasteiger partial charge in [0.05, 0.1) is 5.69 Å². The summed E-state index contributed by atoms with van der Waals surface area (Å²) in [4.78, 5) is 4.56. The van der Waals surface area contributed by atoms with Crippen LogP contribution < -0.4 is 0 Å². The smallest absolute Gasteiger partial charge is 0.144 e. The van der Waals surface area contributed by atoms with Crippen molar-refractivity contribution in [1.29, 1.82) is 0 Å². The molecule has 0 aliphatic heterocycles. The van der Waals surface area contributed by atoms with Crippen LogP contribution in [0.1, 0.15) is 16.7 Å². The van der Waals surface area contributed by atoms with E-state index in [0.29, 0.717) is 0 Å². The van der Waals surface area contributed by atoms with Crippen molar-refractivity contribution in [3.8, 4) is 5.69 Å². The summed E-state index contributed by atoms with van der Waals surface area (Å²) >= 11 is 0. The van der Waals surface area contributed by atoms with Crippen molar-refractivity contribution in [2.24, 2.45) is 0 Å². The predicted molar refractivity (Wildman–Crippen MR) is 101 cm³/mol. The maximum atomic E-state index is 4.56. The molecule has 0 saturated carbocycles. The fraction of sp³-hybridized carbons (Fsp3) is 0.0455. The predicted octanol–water partition coefficient (Wildman–Crippen LogP) is 5.50.